The highest BCUT2D eigenvalue weighted by Gasteiger charge is 2.19. The van der Waals surface area contributed by atoms with Crippen LogP contribution in [0.5, 0.6) is 11.5 Å². The average molecular weight is 336 g/mol. The highest BCUT2D eigenvalue weighted by atomic mass is 16.5. The van der Waals surface area contributed by atoms with Crippen LogP contribution in [0.4, 0.5) is 0 Å². The van der Waals surface area contributed by atoms with Crippen LogP contribution in [0.3, 0.4) is 0 Å². The van der Waals surface area contributed by atoms with Crippen molar-refractivity contribution >= 4 is 5.78 Å². The fourth-order valence-corrected chi connectivity index (χ4v) is 2.50. The predicted octanol–water partition coefficient (Wildman–Crippen LogP) is 4.18. The Hall–Kier alpha value is -3.08. The standard InChI is InChI=1S/C20H20N2O3/c1-13-4-8-16(9-5-13)19-20(18(14(2)23)21-22-19)25-12-15-6-10-17(24-3)11-7-15/h4-11H,12H2,1-3H3,(H,21,22). The number of Topliss-reactive ketones (excluding diaryl/α,β-unsaturated/α-hetero) is 1. The van der Waals surface area contributed by atoms with E-state index in [-0.39, 0.29) is 5.78 Å². The van der Waals surface area contributed by atoms with Gasteiger partial charge in [-0.2, -0.15) is 5.10 Å². The first-order valence-corrected chi connectivity index (χ1v) is 8.00. The van der Waals surface area contributed by atoms with Crippen LogP contribution in [-0.2, 0) is 6.61 Å². The second kappa shape index (κ2) is 7.21. The first-order valence-electron chi connectivity index (χ1n) is 8.00. The molecule has 0 spiro atoms. The molecule has 5 heteroatoms. The zero-order valence-corrected chi connectivity index (χ0v) is 14.5. The van der Waals surface area contributed by atoms with Crippen LogP contribution in [0.2, 0.25) is 0 Å². The van der Waals surface area contributed by atoms with Crippen LogP contribution in [0.25, 0.3) is 11.3 Å². The largest absolute Gasteiger partial charge is 0.497 e. The van der Waals surface area contributed by atoms with Crippen LogP contribution in [0.1, 0.15) is 28.5 Å². The van der Waals surface area contributed by atoms with Crippen molar-refractivity contribution in [1.29, 1.82) is 0 Å². The molecule has 0 atom stereocenters. The van der Waals surface area contributed by atoms with E-state index in [1.54, 1.807) is 7.11 Å². The minimum absolute atomic E-state index is 0.115. The molecule has 3 aromatic rings. The first-order chi connectivity index (χ1) is 12.1. The van der Waals surface area contributed by atoms with Gasteiger partial charge >= 0.3 is 0 Å². The van der Waals surface area contributed by atoms with Crippen molar-refractivity contribution in [3.8, 4) is 22.8 Å². The minimum Gasteiger partial charge on any atom is -0.497 e. The predicted molar refractivity (Wildman–Crippen MR) is 96.1 cm³/mol. The second-order valence-electron chi connectivity index (χ2n) is 5.84. The average Bonchev–Trinajstić information content (AvgIpc) is 3.05. The third-order valence-corrected chi connectivity index (χ3v) is 3.94. The maximum Gasteiger partial charge on any atom is 0.181 e. The van der Waals surface area contributed by atoms with Gasteiger partial charge in [-0.3, -0.25) is 9.89 Å². The Morgan fingerprint density at radius 2 is 1.76 bits per heavy atom. The molecule has 0 aliphatic heterocycles. The van der Waals surface area contributed by atoms with Crippen molar-refractivity contribution in [2.24, 2.45) is 0 Å². The van der Waals surface area contributed by atoms with Crippen molar-refractivity contribution in [3.05, 3.63) is 65.4 Å². The Bertz CT molecular complexity index is 865. The van der Waals surface area contributed by atoms with Gasteiger partial charge < -0.3 is 9.47 Å². The molecule has 0 unspecified atom stereocenters. The maximum absolute atomic E-state index is 11.9. The zero-order valence-electron chi connectivity index (χ0n) is 14.5. The summed E-state index contributed by atoms with van der Waals surface area (Å²) >= 11 is 0. The molecular formula is C20H20N2O3. The lowest BCUT2D eigenvalue weighted by atomic mass is 10.1. The number of nitrogens with zero attached hydrogens (tertiary/aromatic N) is 1. The minimum atomic E-state index is -0.115. The number of rotatable bonds is 6. The van der Waals surface area contributed by atoms with Gasteiger partial charge in [0.15, 0.2) is 11.5 Å². The molecule has 0 bridgehead atoms. The lowest BCUT2D eigenvalue weighted by Crippen LogP contribution is -2.01. The number of nitrogens with one attached hydrogen (secondary N) is 1. The van der Waals surface area contributed by atoms with Crippen molar-refractivity contribution in [2.75, 3.05) is 7.11 Å². The summed E-state index contributed by atoms with van der Waals surface area (Å²) in [6.45, 7) is 3.85. The van der Waals surface area contributed by atoms with E-state index in [1.165, 1.54) is 6.92 Å². The van der Waals surface area contributed by atoms with Gasteiger partial charge in [-0.05, 0) is 24.6 Å². The van der Waals surface area contributed by atoms with Gasteiger partial charge in [0.05, 0.1) is 7.11 Å². The Morgan fingerprint density at radius 3 is 2.36 bits per heavy atom. The third kappa shape index (κ3) is 3.71. The van der Waals surface area contributed by atoms with Gasteiger partial charge in [-0.1, -0.05) is 42.0 Å². The molecule has 25 heavy (non-hydrogen) atoms. The van der Waals surface area contributed by atoms with E-state index >= 15 is 0 Å². The third-order valence-electron chi connectivity index (χ3n) is 3.94. The van der Waals surface area contributed by atoms with Crippen LogP contribution in [0.15, 0.2) is 48.5 Å². The molecular weight excluding hydrogens is 316 g/mol. The van der Waals surface area contributed by atoms with Gasteiger partial charge in [-0.25, -0.2) is 0 Å². The van der Waals surface area contributed by atoms with Crippen LogP contribution >= 0.6 is 0 Å². The van der Waals surface area contributed by atoms with Gasteiger partial charge in [0.1, 0.15) is 23.7 Å². The number of aromatic amines is 1. The molecule has 1 aromatic heterocycles. The smallest absolute Gasteiger partial charge is 0.181 e. The van der Waals surface area contributed by atoms with Gasteiger partial charge in [0, 0.05) is 12.5 Å². The van der Waals surface area contributed by atoms with Crippen molar-refractivity contribution in [2.45, 2.75) is 20.5 Å². The van der Waals surface area contributed by atoms with E-state index in [2.05, 4.69) is 10.2 Å². The highest BCUT2D eigenvalue weighted by Crippen LogP contribution is 2.32. The molecule has 5 nitrogen and oxygen atoms in total. The fraction of sp³-hybridized carbons (Fsp3) is 0.200. The number of aromatic nitrogens is 2. The number of hydrogen-bond acceptors (Lipinski definition) is 4. The number of hydrogen-bond donors (Lipinski definition) is 1. The molecule has 0 radical (unpaired) electrons. The maximum atomic E-state index is 11.9. The SMILES string of the molecule is COc1ccc(COc2c(-c3ccc(C)cc3)n[nH]c2C(C)=O)cc1. The summed E-state index contributed by atoms with van der Waals surface area (Å²) in [5.41, 5.74) is 4.06. The van der Waals surface area contributed by atoms with Crippen molar-refractivity contribution in [1.82, 2.24) is 10.2 Å². The topological polar surface area (TPSA) is 64.2 Å². The molecule has 0 aliphatic carbocycles. The number of carbonyl (C=O) groups excluding carboxylic acids is 1. The van der Waals surface area contributed by atoms with E-state index in [1.807, 2.05) is 55.5 Å². The molecule has 0 fully saturated rings. The fourth-order valence-electron chi connectivity index (χ4n) is 2.50. The van der Waals surface area contributed by atoms with Crippen molar-refractivity contribution < 1.29 is 14.3 Å². The lowest BCUT2D eigenvalue weighted by Gasteiger charge is -2.09. The molecule has 0 amide bonds. The molecule has 128 valence electrons. The zero-order chi connectivity index (χ0) is 17.8. The van der Waals surface area contributed by atoms with E-state index < -0.39 is 0 Å². The first kappa shape index (κ1) is 16.8. The Kier molecular flexibility index (Phi) is 4.84. The quantitative estimate of drug-likeness (QED) is 0.686. The molecule has 0 aliphatic rings. The van der Waals surface area contributed by atoms with Gasteiger partial charge in [0.25, 0.3) is 0 Å². The number of ether oxygens (including phenoxy) is 2. The Morgan fingerprint density at radius 1 is 1.08 bits per heavy atom. The van der Waals surface area contributed by atoms with E-state index in [0.29, 0.717) is 23.7 Å². The van der Waals surface area contributed by atoms with Gasteiger partial charge in [0.2, 0.25) is 0 Å². The second-order valence-corrected chi connectivity index (χ2v) is 5.84. The number of methoxy groups -OCH3 is 1. The lowest BCUT2D eigenvalue weighted by molar-refractivity contribution is 0.100. The number of carbonyl (C=O) groups is 1. The summed E-state index contributed by atoms with van der Waals surface area (Å²) in [7, 11) is 1.63. The number of H-pyrrole nitrogens is 1. The van der Waals surface area contributed by atoms with E-state index in [9.17, 15) is 4.79 Å². The number of benzene rings is 2. The highest BCUT2D eigenvalue weighted by molar-refractivity contribution is 5.97. The van der Waals surface area contributed by atoms with Crippen molar-refractivity contribution in [3.63, 3.8) is 0 Å². The molecule has 0 saturated heterocycles. The van der Waals surface area contributed by atoms with Gasteiger partial charge in [-0.15, -0.1) is 0 Å². The summed E-state index contributed by atoms with van der Waals surface area (Å²) < 4.78 is 11.1. The number of ketones is 1. The number of aryl methyl sites for hydroxylation is 1. The Balaban J connectivity index is 1.88. The monoisotopic (exact) mass is 336 g/mol. The summed E-state index contributed by atoms with van der Waals surface area (Å²) in [5, 5.41) is 7.08. The van der Waals surface area contributed by atoms with Crippen LogP contribution in [-0.4, -0.2) is 23.1 Å². The molecule has 1 heterocycles. The van der Waals surface area contributed by atoms with E-state index in [4.69, 9.17) is 9.47 Å². The van der Waals surface area contributed by atoms with Crippen LogP contribution < -0.4 is 9.47 Å². The summed E-state index contributed by atoms with van der Waals surface area (Å²) in [5.74, 6) is 1.15. The summed E-state index contributed by atoms with van der Waals surface area (Å²) in [6, 6.07) is 15.6. The molecule has 0 saturated carbocycles. The molecule has 3 rings (SSSR count). The van der Waals surface area contributed by atoms with Crippen LogP contribution in [0, 0.1) is 6.92 Å². The Labute approximate surface area is 146 Å². The summed E-state index contributed by atoms with van der Waals surface area (Å²) in [4.78, 5) is 11.9. The van der Waals surface area contributed by atoms with E-state index in [0.717, 1.165) is 22.4 Å². The molecule has 1 N–H and O–H groups in total. The molecule has 2 aromatic carbocycles. The normalized spacial score (nSPS) is 10.5. The summed E-state index contributed by atoms with van der Waals surface area (Å²) in [6.07, 6.45) is 0.